The molecule has 1 atom stereocenters. The lowest BCUT2D eigenvalue weighted by molar-refractivity contribution is 0.0951. The molecule has 1 unspecified atom stereocenters. The van der Waals surface area contributed by atoms with Gasteiger partial charge in [0.1, 0.15) is 0 Å². The Kier molecular flexibility index (Phi) is 8.32. The Morgan fingerprint density at radius 1 is 1.04 bits per heavy atom. The van der Waals surface area contributed by atoms with Crippen molar-refractivity contribution in [2.75, 3.05) is 12.8 Å². The zero-order valence-corrected chi connectivity index (χ0v) is 15.9. The normalized spacial score (nSPS) is 11.7. The Morgan fingerprint density at radius 3 is 2.08 bits per heavy atom. The van der Waals surface area contributed by atoms with Crippen LogP contribution in [0.3, 0.4) is 0 Å². The molecule has 0 aromatic heterocycles. The van der Waals surface area contributed by atoms with Crippen molar-refractivity contribution in [3.63, 3.8) is 0 Å². The van der Waals surface area contributed by atoms with Crippen LogP contribution in [0.4, 0.5) is 0 Å². The minimum absolute atomic E-state index is 0. The average Bonchev–Trinajstić information content (AvgIpc) is 2.59. The van der Waals surface area contributed by atoms with Crippen molar-refractivity contribution in [3.05, 3.63) is 65.2 Å². The van der Waals surface area contributed by atoms with Crippen molar-refractivity contribution in [3.8, 4) is 0 Å². The molecule has 0 aliphatic rings. The highest BCUT2D eigenvalue weighted by Crippen LogP contribution is 2.18. The highest BCUT2D eigenvalue weighted by molar-refractivity contribution is 7.98. The van der Waals surface area contributed by atoms with Gasteiger partial charge in [-0.15, -0.1) is 24.2 Å². The molecule has 0 saturated carbocycles. The van der Waals surface area contributed by atoms with Crippen LogP contribution in [0.25, 0.3) is 0 Å². The van der Waals surface area contributed by atoms with Gasteiger partial charge in [0.15, 0.2) is 0 Å². The van der Waals surface area contributed by atoms with Gasteiger partial charge in [0.05, 0.1) is 0 Å². The Balaban J connectivity index is 0.00000288. The summed E-state index contributed by atoms with van der Waals surface area (Å²) < 4.78 is 0. The molecule has 3 nitrogen and oxygen atoms in total. The maximum atomic E-state index is 12.2. The SMILES string of the molecule is CSc1ccc(C(=O)NCC(N)c2ccc(C(C)C)cc2)cc1.Cl. The first-order chi connectivity index (χ1) is 11.0. The lowest BCUT2D eigenvalue weighted by atomic mass is 9.99. The van der Waals surface area contributed by atoms with E-state index in [1.165, 1.54) is 5.56 Å². The van der Waals surface area contributed by atoms with Crippen molar-refractivity contribution in [2.24, 2.45) is 5.73 Å². The lowest BCUT2D eigenvalue weighted by Crippen LogP contribution is -2.31. The zero-order valence-electron chi connectivity index (χ0n) is 14.3. The van der Waals surface area contributed by atoms with Crippen LogP contribution in [0.1, 0.15) is 47.3 Å². The van der Waals surface area contributed by atoms with E-state index >= 15 is 0 Å². The minimum Gasteiger partial charge on any atom is -0.350 e. The van der Waals surface area contributed by atoms with E-state index in [0.717, 1.165) is 10.5 Å². The predicted molar refractivity (Wildman–Crippen MR) is 105 cm³/mol. The fraction of sp³-hybridized carbons (Fsp3) is 0.316. The summed E-state index contributed by atoms with van der Waals surface area (Å²) in [5.74, 6) is 0.413. The molecule has 24 heavy (non-hydrogen) atoms. The molecule has 3 N–H and O–H groups in total. The fourth-order valence-electron chi connectivity index (χ4n) is 2.29. The van der Waals surface area contributed by atoms with Crippen LogP contribution in [-0.2, 0) is 0 Å². The number of amides is 1. The summed E-state index contributed by atoms with van der Waals surface area (Å²) in [5.41, 5.74) is 9.16. The topological polar surface area (TPSA) is 55.1 Å². The molecule has 0 heterocycles. The van der Waals surface area contributed by atoms with Gasteiger partial charge in [0.25, 0.3) is 5.91 Å². The number of carbonyl (C=O) groups excluding carboxylic acids is 1. The smallest absolute Gasteiger partial charge is 0.251 e. The molecule has 2 aromatic carbocycles. The van der Waals surface area contributed by atoms with Gasteiger partial charge in [-0.25, -0.2) is 0 Å². The monoisotopic (exact) mass is 364 g/mol. The number of carbonyl (C=O) groups is 1. The van der Waals surface area contributed by atoms with E-state index in [9.17, 15) is 4.79 Å². The second-order valence-electron chi connectivity index (χ2n) is 5.87. The predicted octanol–water partition coefficient (Wildman–Crippen LogP) is 4.38. The van der Waals surface area contributed by atoms with Gasteiger partial charge < -0.3 is 11.1 Å². The van der Waals surface area contributed by atoms with Crippen LogP contribution in [0, 0.1) is 0 Å². The summed E-state index contributed by atoms with van der Waals surface area (Å²) in [5, 5.41) is 2.90. The number of hydrogen-bond acceptors (Lipinski definition) is 3. The molecule has 0 saturated heterocycles. The van der Waals surface area contributed by atoms with Crippen LogP contribution in [0.15, 0.2) is 53.4 Å². The standard InChI is InChI=1S/C19H24N2OS.ClH/c1-13(2)14-4-6-15(7-5-14)18(20)12-21-19(22)16-8-10-17(23-3)11-9-16;/h4-11,13,18H,12,20H2,1-3H3,(H,21,22);1H. The third-order valence-electron chi connectivity index (χ3n) is 3.87. The first-order valence-electron chi connectivity index (χ1n) is 7.79. The van der Waals surface area contributed by atoms with E-state index in [4.69, 9.17) is 5.73 Å². The average molecular weight is 365 g/mol. The summed E-state index contributed by atoms with van der Waals surface area (Å²) in [7, 11) is 0. The van der Waals surface area contributed by atoms with Gasteiger partial charge in [-0.1, -0.05) is 38.1 Å². The maximum absolute atomic E-state index is 12.2. The lowest BCUT2D eigenvalue weighted by Gasteiger charge is -2.14. The molecule has 0 spiro atoms. The van der Waals surface area contributed by atoms with E-state index in [-0.39, 0.29) is 24.4 Å². The summed E-state index contributed by atoms with van der Waals surface area (Å²) in [6.45, 7) is 4.75. The van der Waals surface area contributed by atoms with E-state index in [1.54, 1.807) is 11.8 Å². The molecular formula is C19H25ClN2OS. The molecule has 5 heteroatoms. The molecular weight excluding hydrogens is 340 g/mol. The summed E-state index contributed by atoms with van der Waals surface area (Å²) >= 11 is 1.66. The number of nitrogens with one attached hydrogen (secondary N) is 1. The third-order valence-corrected chi connectivity index (χ3v) is 4.61. The van der Waals surface area contributed by atoms with E-state index in [0.29, 0.717) is 18.0 Å². The molecule has 130 valence electrons. The summed E-state index contributed by atoms with van der Waals surface area (Å²) in [6, 6.07) is 15.7. The largest absolute Gasteiger partial charge is 0.350 e. The second-order valence-corrected chi connectivity index (χ2v) is 6.75. The summed E-state index contributed by atoms with van der Waals surface area (Å²) in [4.78, 5) is 13.3. The van der Waals surface area contributed by atoms with Gasteiger partial charge in [-0.05, 0) is 47.6 Å². The van der Waals surface area contributed by atoms with Crippen molar-refractivity contribution < 1.29 is 4.79 Å². The van der Waals surface area contributed by atoms with Gasteiger partial charge in [-0.3, -0.25) is 4.79 Å². The van der Waals surface area contributed by atoms with E-state index in [2.05, 4.69) is 31.3 Å². The Morgan fingerprint density at radius 2 is 1.58 bits per heavy atom. The number of rotatable bonds is 6. The van der Waals surface area contributed by atoms with E-state index < -0.39 is 0 Å². The Hall–Kier alpha value is -1.49. The number of nitrogens with two attached hydrogens (primary N) is 1. The van der Waals surface area contributed by atoms with Crippen LogP contribution < -0.4 is 11.1 Å². The minimum atomic E-state index is -0.203. The van der Waals surface area contributed by atoms with Crippen LogP contribution in [0.2, 0.25) is 0 Å². The van der Waals surface area contributed by atoms with Gasteiger partial charge in [-0.2, -0.15) is 0 Å². The number of benzene rings is 2. The highest BCUT2D eigenvalue weighted by atomic mass is 35.5. The van der Waals surface area contributed by atoms with Crippen molar-refractivity contribution in [2.45, 2.75) is 30.7 Å². The number of halogens is 1. The molecule has 2 aromatic rings. The fourth-order valence-corrected chi connectivity index (χ4v) is 2.70. The molecule has 0 aliphatic carbocycles. The first kappa shape index (κ1) is 20.6. The van der Waals surface area contributed by atoms with Crippen molar-refractivity contribution in [1.29, 1.82) is 0 Å². The summed E-state index contributed by atoms with van der Waals surface area (Å²) in [6.07, 6.45) is 2.01. The maximum Gasteiger partial charge on any atom is 0.251 e. The Labute approximate surface area is 154 Å². The highest BCUT2D eigenvalue weighted by Gasteiger charge is 2.10. The number of thioether (sulfide) groups is 1. The number of hydrogen-bond donors (Lipinski definition) is 2. The zero-order chi connectivity index (χ0) is 16.8. The van der Waals surface area contributed by atoms with Crippen LogP contribution >= 0.6 is 24.2 Å². The Bertz CT molecular complexity index is 641. The van der Waals surface area contributed by atoms with E-state index in [1.807, 2.05) is 42.7 Å². The van der Waals surface area contributed by atoms with Gasteiger partial charge >= 0.3 is 0 Å². The molecule has 1 amide bonds. The molecule has 0 aliphatic heterocycles. The van der Waals surface area contributed by atoms with Crippen molar-refractivity contribution >= 4 is 30.1 Å². The van der Waals surface area contributed by atoms with Gasteiger partial charge in [0, 0.05) is 23.0 Å². The van der Waals surface area contributed by atoms with Gasteiger partial charge in [0.2, 0.25) is 0 Å². The molecule has 0 bridgehead atoms. The second kappa shape index (κ2) is 9.72. The van der Waals surface area contributed by atoms with Crippen molar-refractivity contribution in [1.82, 2.24) is 5.32 Å². The quantitative estimate of drug-likeness (QED) is 0.747. The molecule has 0 fully saturated rings. The first-order valence-corrected chi connectivity index (χ1v) is 9.01. The van der Waals surface area contributed by atoms with Crippen LogP contribution in [0.5, 0.6) is 0 Å². The molecule has 0 radical (unpaired) electrons. The third kappa shape index (κ3) is 5.55. The van der Waals surface area contributed by atoms with Crippen LogP contribution in [-0.4, -0.2) is 18.7 Å². The molecule has 2 rings (SSSR count).